The van der Waals surface area contributed by atoms with E-state index >= 15 is 0 Å². The number of rotatable bonds is 2. The molecule has 0 aliphatic rings. The Morgan fingerprint density at radius 3 is 1.43 bits per heavy atom. The Morgan fingerprint density at radius 2 is 1.21 bits per heavy atom. The van der Waals surface area contributed by atoms with Crippen LogP contribution in [0.15, 0.2) is 12.1 Å². The van der Waals surface area contributed by atoms with Crippen LogP contribution in [-0.2, 0) is 0 Å². The van der Waals surface area contributed by atoms with Gasteiger partial charge >= 0.3 is 95.9 Å². The summed E-state index contributed by atoms with van der Waals surface area (Å²) in [5.41, 5.74) is 0.118. The third-order valence-electron chi connectivity index (χ3n) is 1.57. The fraction of sp³-hybridized carbons (Fsp3) is 0. The Bertz CT molecular complexity index is 375. The molecular weight excluding hydrogens is 318 g/mol. The first-order chi connectivity index (χ1) is 6.45. The van der Waals surface area contributed by atoms with Crippen LogP contribution < -0.4 is 8.92 Å². The van der Waals surface area contributed by atoms with Gasteiger partial charge in [-0.25, -0.2) is 0 Å². The van der Waals surface area contributed by atoms with E-state index in [1.54, 1.807) is 0 Å². The van der Waals surface area contributed by atoms with E-state index in [1.807, 2.05) is 0 Å². The van der Waals surface area contributed by atoms with Crippen LogP contribution in [0, 0.1) is 0 Å². The summed E-state index contributed by atoms with van der Waals surface area (Å²) in [6.45, 7) is 0. The summed E-state index contributed by atoms with van der Waals surface area (Å²) in [5.74, 6) is -2.18. The van der Waals surface area contributed by atoms with Crippen molar-refractivity contribution in [3.05, 3.63) is 23.3 Å². The molecule has 0 saturated carbocycles. The van der Waals surface area contributed by atoms with E-state index in [9.17, 15) is 9.59 Å². The summed E-state index contributed by atoms with van der Waals surface area (Å²) in [7, 11) is 0. The quantitative estimate of drug-likeness (QED) is 0.662. The van der Waals surface area contributed by atoms with Crippen molar-refractivity contribution in [3.8, 4) is 0 Å². The molecule has 2 radical (unpaired) electrons. The van der Waals surface area contributed by atoms with Crippen LogP contribution in [-0.4, -0.2) is 54.2 Å². The van der Waals surface area contributed by atoms with Gasteiger partial charge in [0.05, 0.1) is 0 Å². The van der Waals surface area contributed by atoms with Crippen LogP contribution >= 0.6 is 0 Å². The van der Waals surface area contributed by atoms with E-state index in [2.05, 4.69) is 32.0 Å². The van der Waals surface area contributed by atoms with Crippen molar-refractivity contribution < 1.29 is 19.8 Å². The first-order valence-corrected chi connectivity index (χ1v) is 5.14. The zero-order valence-electron chi connectivity index (χ0n) is 6.68. The van der Waals surface area contributed by atoms with E-state index in [4.69, 9.17) is 10.2 Å². The zero-order valence-corrected chi connectivity index (χ0v) is 10.1. The summed E-state index contributed by atoms with van der Waals surface area (Å²) in [6, 6.07) is 2.52. The van der Waals surface area contributed by atoms with Gasteiger partial charge in [-0.1, -0.05) is 0 Å². The SMILES string of the molecule is O=C(O)c1ccc(C(=O)O)c([Se])c1[Se]. The molecule has 4 nitrogen and oxygen atoms in total. The third-order valence-corrected chi connectivity index (χ3v) is 4.01. The Kier molecular flexibility index (Phi) is 3.34. The number of hydrogen-bond donors (Lipinski definition) is 2. The standard InChI is InChI=1S/C8H4O4Se2/c9-7(10)3-1-2-4(8(11)12)6(14)5(3)13/h1-2H,(H,9,10)(H,11,12). The second-order valence-electron chi connectivity index (χ2n) is 2.43. The monoisotopic (exact) mass is 324 g/mol. The first-order valence-electron chi connectivity index (χ1n) is 3.42. The zero-order chi connectivity index (χ0) is 10.9. The van der Waals surface area contributed by atoms with Gasteiger partial charge in [0.15, 0.2) is 0 Å². The Hall–Kier alpha value is -0.801. The fourth-order valence-corrected chi connectivity index (χ4v) is 2.01. The van der Waals surface area contributed by atoms with Gasteiger partial charge in [0.1, 0.15) is 0 Å². The van der Waals surface area contributed by atoms with E-state index in [1.165, 1.54) is 12.1 Å². The fourth-order valence-electron chi connectivity index (χ4n) is 0.899. The molecule has 0 aliphatic heterocycles. The third kappa shape index (κ3) is 1.99. The molecule has 0 unspecified atom stereocenters. The van der Waals surface area contributed by atoms with Gasteiger partial charge in [-0.05, 0) is 0 Å². The predicted octanol–water partition coefficient (Wildman–Crippen LogP) is -1.33. The molecule has 6 heteroatoms. The van der Waals surface area contributed by atoms with Gasteiger partial charge in [0, 0.05) is 0 Å². The van der Waals surface area contributed by atoms with Crippen molar-refractivity contribution in [1.82, 2.24) is 0 Å². The van der Waals surface area contributed by atoms with E-state index in [0.717, 1.165) is 0 Å². The molecule has 0 heterocycles. The van der Waals surface area contributed by atoms with Gasteiger partial charge in [-0.15, -0.1) is 0 Å². The minimum absolute atomic E-state index is 0.0590. The van der Waals surface area contributed by atoms with Gasteiger partial charge in [0.2, 0.25) is 0 Å². The number of aromatic carboxylic acids is 2. The van der Waals surface area contributed by atoms with Crippen molar-refractivity contribution in [2.24, 2.45) is 0 Å². The van der Waals surface area contributed by atoms with Crippen LogP contribution in [0.25, 0.3) is 0 Å². The Labute approximate surface area is 95.9 Å². The van der Waals surface area contributed by atoms with Gasteiger partial charge in [-0.2, -0.15) is 0 Å². The number of hydrogen-bond acceptors (Lipinski definition) is 2. The number of carboxylic acid groups (broad SMARTS) is 2. The molecule has 1 aromatic rings. The molecule has 14 heavy (non-hydrogen) atoms. The summed E-state index contributed by atoms with van der Waals surface area (Å²) in [6.07, 6.45) is 0. The molecule has 0 amide bonds. The summed E-state index contributed by atoms with van der Waals surface area (Å²) in [4.78, 5) is 21.3. The second kappa shape index (κ2) is 4.15. The Balaban J connectivity index is 3.41. The van der Waals surface area contributed by atoms with Crippen molar-refractivity contribution in [3.63, 3.8) is 0 Å². The number of carboxylic acids is 2. The molecule has 0 aliphatic carbocycles. The topological polar surface area (TPSA) is 74.6 Å². The summed E-state index contributed by atoms with van der Waals surface area (Å²) in [5, 5.41) is 17.5. The molecule has 0 atom stereocenters. The van der Waals surface area contributed by atoms with Crippen LogP contribution in [0.3, 0.4) is 0 Å². The average molecular weight is 322 g/mol. The van der Waals surface area contributed by atoms with Crippen molar-refractivity contribution >= 4 is 52.9 Å². The normalized spacial score (nSPS) is 9.71. The van der Waals surface area contributed by atoms with E-state index in [0.29, 0.717) is 8.92 Å². The van der Waals surface area contributed by atoms with E-state index in [-0.39, 0.29) is 11.1 Å². The summed E-state index contributed by atoms with van der Waals surface area (Å²) < 4.78 is 0.634. The van der Waals surface area contributed by atoms with Crippen LogP contribution in [0.4, 0.5) is 0 Å². The second-order valence-corrected chi connectivity index (χ2v) is 4.14. The average Bonchev–Trinajstić information content (AvgIpc) is 2.08. The molecule has 0 saturated heterocycles. The van der Waals surface area contributed by atoms with Crippen LogP contribution in [0.1, 0.15) is 20.7 Å². The molecule has 0 bridgehead atoms. The summed E-state index contributed by atoms with van der Waals surface area (Å²) >= 11 is 5.08. The maximum atomic E-state index is 10.7. The van der Waals surface area contributed by atoms with Crippen LogP contribution in [0.2, 0.25) is 0 Å². The molecule has 1 rings (SSSR count). The predicted molar refractivity (Wildman–Crippen MR) is 51.1 cm³/mol. The molecular formula is C8H4O4Se2. The van der Waals surface area contributed by atoms with Crippen molar-refractivity contribution in [1.29, 1.82) is 0 Å². The molecule has 72 valence electrons. The molecule has 2 N–H and O–H groups in total. The molecule has 1 aromatic carbocycles. The molecule has 0 spiro atoms. The Morgan fingerprint density at radius 1 is 0.929 bits per heavy atom. The van der Waals surface area contributed by atoms with Crippen molar-refractivity contribution in [2.75, 3.05) is 0 Å². The maximum absolute atomic E-state index is 10.7. The minimum atomic E-state index is -1.09. The van der Waals surface area contributed by atoms with E-state index < -0.39 is 11.9 Å². The van der Waals surface area contributed by atoms with Gasteiger partial charge in [-0.3, -0.25) is 0 Å². The van der Waals surface area contributed by atoms with Crippen LogP contribution in [0.5, 0.6) is 0 Å². The van der Waals surface area contributed by atoms with Gasteiger partial charge in [0.25, 0.3) is 0 Å². The molecule has 0 aromatic heterocycles. The number of benzene rings is 1. The molecule has 0 fully saturated rings. The number of carbonyl (C=O) groups is 2. The first kappa shape index (κ1) is 11.3. The van der Waals surface area contributed by atoms with Crippen molar-refractivity contribution in [2.45, 2.75) is 0 Å². The van der Waals surface area contributed by atoms with Gasteiger partial charge < -0.3 is 0 Å².